The minimum Gasteiger partial charge on any atom is -0.382 e. The summed E-state index contributed by atoms with van der Waals surface area (Å²) in [7, 11) is 0. The van der Waals surface area contributed by atoms with Crippen LogP contribution in [-0.4, -0.2) is 54.4 Å². The van der Waals surface area contributed by atoms with Crippen LogP contribution in [0, 0.1) is 26.2 Å². The molecule has 5 rings (SSSR count). The molecule has 1 amide bonds. The maximum atomic E-state index is 13.7. The molecule has 1 saturated carbocycles. The van der Waals surface area contributed by atoms with Crippen LogP contribution in [0.3, 0.4) is 0 Å². The Bertz CT molecular complexity index is 1480. The summed E-state index contributed by atoms with van der Waals surface area (Å²) in [6.45, 7) is 10.3. The molecule has 0 spiro atoms. The standard InChI is InChI=1S/C33H41N5O3/c1-21-14-23(3)36-33(40)30(21)19-35-32(39)28-16-25(17-31(29(28)18-34)37-26-6-4-5-7-26)27-9-8-24(15-22(27)2)20-38-10-12-41-13-11-38/h8-9,14-18,26,34,37H,4-7,10-13,19-20H2,1-3H3,(H,35,39)(H,36,40). The Morgan fingerprint density at radius 2 is 1.83 bits per heavy atom. The second-order valence-electron chi connectivity index (χ2n) is 11.4. The van der Waals surface area contributed by atoms with Gasteiger partial charge < -0.3 is 25.8 Å². The number of pyridine rings is 1. The Balaban J connectivity index is 1.47. The zero-order chi connectivity index (χ0) is 28.9. The smallest absolute Gasteiger partial charge is 0.253 e. The molecule has 1 saturated heterocycles. The van der Waals surface area contributed by atoms with E-state index in [1.165, 1.54) is 24.6 Å². The van der Waals surface area contributed by atoms with Crippen molar-refractivity contribution in [1.29, 1.82) is 5.41 Å². The summed E-state index contributed by atoms with van der Waals surface area (Å²) in [5, 5.41) is 14.8. The van der Waals surface area contributed by atoms with Gasteiger partial charge in [-0.15, -0.1) is 0 Å². The van der Waals surface area contributed by atoms with Crippen molar-refractivity contribution < 1.29 is 9.53 Å². The SMILES string of the molecule is Cc1cc(C)c(CNC(=O)c2cc(-c3ccc(CN4CCOCC4)cc3C)cc(NC3CCCC3)c2C=N)c(=O)[nH]1. The zero-order valence-electron chi connectivity index (χ0n) is 24.4. The van der Waals surface area contributed by atoms with Crippen LogP contribution in [0.5, 0.6) is 0 Å². The molecular weight excluding hydrogens is 514 g/mol. The van der Waals surface area contributed by atoms with Crippen molar-refractivity contribution in [2.45, 2.75) is 65.6 Å². The zero-order valence-corrected chi connectivity index (χ0v) is 24.4. The molecule has 8 nitrogen and oxygen atoms in total. The summed E-state index contributed by atoms with van der Waals surface area (Å²) < 4.78 is 5.49. The summed E-state index contributed by atoms with van der Waals surface area (Å²) in [6, 6.07) is 12.7. The van der Waals surface area contributed by atoms with Crippen molar-refractivity contribution in [2.75, 3.05) is 31.6 Å². The van der Waals surface area contributed by atoms with Gasteiger partial charge in [0.25, 0.3) is 11.5 Å². The van der Waals surface area contributed by atoms with Crippen LogP contribution in [0.15, 0.2) is 41.2 Å². The summed E-state index contributed by atoms with van der Waals surface area (Å²) in [4.78, 5) is 31.4. The Kier molecular flexibility index (Phi) is 9.00. The Hall–Kier alpha value is -3.75. The molecule has 1 aliphatic carbocycles. The Morgan fingerprint density at radius 1 is 1.07 bits per heavy atom. The highest BCUT2D eigenvalue weighted by atomic mass is 16.5. The highest BCUT2D eigenvalue weighted by Gasteiger charge is 2.22. The number of hydrogen-bond acceptors (Lipinski definition) is 6. The Morgan fingerprint density at radius 3 is 2.51 bits per heavy atom. The molecule has 0 radical (unpaired) electrons. The number of carbonyl (C=O) groups excluding carboxylic acids is 1. The molecule has 0 unspecified atom stereocenters. The molecule has 41 heavy (non-hydrogen) atoms. The first-order valence-corrected chi connectivity index (χ1v) is 14.6. The van der Waals surface area contributed by atoms with Crippen molar-refractivity contribution in [3.05, 3.63) is 85.8 Å². The maximum absolute atomic E-state index is 13.7. The minimum absolute atomic E-state index is 0.114. The predicted octanol–water partition coefficient (Wildman–Crippen LogP) is 5.08. The van der Waals surface area contributed by atoms with Crippen LogP contribution in [0.4, 0.5) is 5.69 Å². The van der Waals surface area contributed by atoms with E-state index in [2.05, 4.69) is 51.7 Å². The van der Waals surface area contributed by atoms with Crippen molar-refractivity contribution in [2.24, 2.45) is 0 Å². The molecular formula is C33H41N5O3. The largest absolute Gasteiger partial charge is 0.382 e. The molecule has 1 aliphatic heterocycles. The van der Waals surface area contributed by atoms with E-state index < -0.39 is 0 Å². The van der Waals surface area contributed by atoms with E-state index in [9.17, 15) is 9.59 Å². The van der Waals surface area contributed by atoms with Crippen LogP contribution in [-0.2, 0) is 17.8 Å². The van der Waals surface area contributed by atoms with E-state index in [1.54, 1.807) is 0 Å². The van der Waals surface area contributed by atoms with Crippen LogP contribution in [0.1, 0.15) is 69.6 Å². The number of anilines is 1. The molecule has 1 aromatic heterocycles. The fourth-order valence-electron chi connectivity index (χ4n) is 6.09. The fraction of sp³-hybridized carbons (Fsp3) is 0.424. The lowest BCUT2D eigenvalue weighted by Crippen LogP contribution is -2.35. The number of nitrogens with one attached hydrogen (secondary N) is 4. The van der Waals surface area contributed by atoms with Crippen LogP contribution in [0.25, 0.3) is 11.1 Å². The van der Waals surface area contributed by atoms with Crippen molar-refractivity contribution in [3.63, 3.8) is 0 Å². The number of H-pyrrole nitrogens is 1. The number of nitrogens with zero attached hydrogens (tertiary/aromatic N) is 1. The van der Waals surface area contributed by atoms with E-state index in [0.29, 0.717) is 22.7 Å². The summed E-state index contributed by atoms with van der Waals surface area (Å²) in [5.74, 6) is -0.305. The van der Waals surface area contributed by atoms with Crippen LogP contribution in [0.2, 0.25) is 0 Å². The molecule has 2 heterocycles. The summed E-state index contributed by atoms with van der Waals surface area (Å²) in [5.41, 5.74) is 8.14. The number of morpholine rings is 1. The summed E-state index contributed by atoms with van der Waals surface area (Å²) >= 11 is 0. The fourth-order valence-corrected chi connectivity index (χ4v) is 6.09. The van der Waals surface area contributed by atoms with Gasteiger partial charge in [0.15, 0.2) is 0 Å². The third-order valence-corrected chi connectivity index (χ3v) is 8.32. The number of hydrogen-bond donors (Lipinski definition) is 4. The molecule has 4 N–H and O–H groups in total. The normalized spacial score (nSPS) is 16.1. The lowest BCUT2D eigenvalue weighted by atomic mass is 9.93. The molecule has 3 aromatic rings. The highest BCUT2D eigenvalue weighted by Crippen LogP contribution is 2.33. The van der Waals surface area contributed by atoms with Crippen LogP contribution >= 0.6 is 0 Å². The number of amides is 1. The molecule has 2 aromatic carbocycles. The molecule has 0 bridgehead atoms. The van der Waals surface area contributed by atoms with E-state index in [-0.39, 0.29) is 18.0 Å². The van der Waals surface area contributed by atoms with E-state index in [1.807, 2.05) is 26.0 Å². The quantitative estimate of drug-likeness (QED) is 0.275. The predicted molar refractivity (Wildman–Crippen MR) is 164 cm³/mol. The van der Waals surface area contributed by atoms with Gasteiger partial charge in [0.2, 0.25) is 0 Å². The van der Waals surface area contributed by atoms with Gasteiger partial charge in [-0.25, -0.2) is 0 Å². The average molecular weight is 556 g/mol. The number of rotatable bonds is 9. The van der Waals surface area contributed by atoms with Gasteiger partial charge >= 0.3 is 0 Å². The van der Waals surface area contributed by atoms with E-state index in [4.69, 9.17) is 10.1 Å². The maximum Gasteiger partial charge on any atom is 0.253 e. The van der Waals surface area contributed by atoms with E-state index in [0.717, 1.165) is 79.3 Å². The highest BCUT2D eigenvalue weighted by molar-refractivity contribution is 6.06. The summed E-state index contributed by atoms with van der Waals surface area (Å²) in [6.07, 6.45) is 5.78. The first-order chi connectivity index (χ1) is 19.8. The molecule has 2 aliphatic rings. The van der Waals surface area contributed by atoms with Gasteiger partial charge in [-0.1, -0.05) is 31.0 Å². The van der Waals surface area contributed by atoms with Crippen LogP contribution < -0.4 is 16.2 Å². The number of carbonyl (C=O) groups is 1. The van der Waals surface area contributed by atoms with Gasteiger partial charge in [-0.3, -0.25) is 14.5 Å². The minimum atomic E-state index is -0.305. The lowest BCUT2D eigenvalue weighted by Gasteiger charge is -2.27. The van der Waals surface area contributed by atoms with Crippen molar-refractivity contribution in [1.82, 2.24) is 15.2 Å². The number of aryl methyl sites for hydroxylation is 3. The Labute approximate surface area is 242 Å². The second-order valence-corrected chi connectivity index (χ2v) is 11.4. The molecule has 216 valence electrons. The number of aromatic amines is 1. The molecule has 8 heteroatoms. The van der Waals surface area contributed by atoms with Crippen molar-refractivity contribution >= 4 is 17.8 Å². The average Bonchev–Trinajstić information content (AvgIpc) is 3.46. The lowest BCUT2D eigenvalue weighted by molar-refractivity contribution is 0.0342. The van der Waals surface area contributed by atoms with Gasteiger partial charge in [0, 0.05) is 60.9 Å². The number of ether oxygens (including phenoxy) is 1. The topological polar surface area (TPSA) is 110 Å². The second kappa shape index (κ2) is 12.8. The number of aromatic nitrogens is 1. The van der Waals surface area contributed by atoms with Crippen molar-refractivity contribution in [3.8, 4) is 11.1 Å². The number of benzene rings is 2. The third kappa shape index (κ3) is 6.77. The van der Waals surface area contributed by atoms with Gasteiger partial charge in [0.1, 0.15) is 0 Å². The van der Waals surface area contributed by atoms with Gasteiger partial charge in [-0.2, -0.15) is 0 Å². The molecule has 0 atom stereocenters. The van der Waals surface area contributed by atoms with E-state index >= 15 is 0 Å². The monoisotopic (exact) mass is 555 g/mol. The van der Waals surface area contributed by atoms with Gasteiger partial charge in [0.05, 0.1) is 18.8 Å². The first-order valence-electron chi connectivity index (χ1n) is 14.6. The third-order valence-electron chi connectivity index (χ3n) is 8.32. The first kappa shape index (κ1) is 28.8. The molecule has 2 fully saturated rings. The van der Waals surface area contributed by atoms with Gasteiger partial charge in [-0.05, 0) is 79.6 Å².